The third-order valence-corrected chi connectivity index (χ3v) is 5.31. The van der Waals surface area contributed by atoms with Crippen molar-refractivity contribution in [3.8, 4) is 0 Å². The van der Waals surface area contributed by atoms with Gasteiger partial charge in [0.05, 0.1) is 16.8 Å². The second-order valence-corrected chi connectivity index (χ2v) is 7.53. The number of halogens is 1. The molecular weight excluding hydrogens is 308 g/mol. The van der Waals surface area contributed by atoms with Gasteiger partial charge in [0, 0.05) is 5.02 Å². The first-order valence-electron chi connectivity index (χ1n) is 6.61. The highest BCUT2D eigenvalue weighted by Gasteiger charge is 2.17. The summed E-state index contributed by atoms with van der Waals surface area (Å²) >= 11 is 5.78. The number of aliphatic hydroxyl groups is 1. The van der Waals surface area contributed by atoms with Gasteiger partial charge >= 0.3 is 0 Å². The van der Waals surface area contributed by atoms with Crippen LogP contribution in [0, 0.1) is 6.92 Å². The molecule has 0 bridgehead atoms. The highest BCUT2D eigenvalue weighted by molar-refractivity contribution is 7.91. The summed E-state index contributed by atoms with van der Waals surface area (Å²) in [5.41, 5.74) is 1.67. The molecule has 2 rings (SSSR count). The van der Waals surface area contributed by atoms with Crippen molar-refractivity contribution in [1.29, 1.82) is 0 Å². The van der Waals surface area contributed by atoms with Crippen LogP contribution in [0.1, 0.15) is 23.7 Å². The smallest absolute Gasteiger partial charge is 0.178 e. The lowest BCUT2D eigenvalue weighted by Crippen LogP contribution is -2.10. The zero-order valence-corrected chi connectivity index (χ0v) is 13.2. The second kappa shape index (κ2) is 6.60. The van der Waals surface area contributed by atoms with Gasteiger partial charge in [-0.1, -0.05) is 41.4 Å². The largest absolute Gasteiger partial charge is 0.388 e. The maximum absolute atomic E-state index is 12.2. The zero-order valence-electron chi connectivity index (χ0n) is 11.7. The van der Waals surface area contributed by atoms with Gasteiger partial charge in [-0.3, -0.25) is 0 Å². The lowest BCUT2D eigenvalue weighted by molar-refractivity contribution is 0.174. The summed E-state index contributed by atoms with van der Waals surface area (Å²) in [6.07, 6.45) is -0.667. The normalized spacial score (nSPS) is 13.1. The number of benzene rings is 2. The lowest BCUT2D eigenvalue weighted by atomic mass is 10.1. The van der Waals surface area contributed by atoms with Crippen molar-refractivity contribution in [3.05, 3.63) is 64.7 Å². The molecule has 1 atom stereocenters. The molecule has 0 heterocycles. The minimum absolute atomic E-state index is 0.0974. The summed E-state index contributed by atoms with van der Waals surface area (Å²) in [7, 11) is -3.37. The Hall–Kier alpha value is -1.36. The van der Waals surface area contributed by atoms with Crippen LogP contribution in [0.4, 0.5) is 0 Å². The van der Waals surface area contributed by atoms with E-state index in [1.807, 2.05) is 6.92 Å². The van der Waals surface area contributed by atoms with E-state index >= 15 is 0 Å². The van der Waals surface area contributed by atoms with Crippen LogP contribution in [0.2, 0.25) is 5.02 Å². The van der Waals surface area contributed by atoms with Crippen LogP contribution in [0.15, 0.2) is 53.4 Å². The average molecular weight is 325 g/mol. The number of hydrogen-bond acceptors (Lipinski definition) is 3. The van der Waals surface area contributed by atoms with Crippen molar-refractivity contribution in [2.45, 2.75) is 24.3 Å². The first-order chi connectivity index (χ1) is 9.88. The van der Waals surface area contributed by atoms with Gasteiger partial charge in [0.2, 0.25) is 0 Å². The molecule has 0 fully saturated rings. The third-order valence-electron chi connectivity index (χ3n) is 3.29. The first-order valence-corrected chi connectivity index (χ1v) is 8.64. The lowest BCUT2D eigenvalue weighted by Gasteiger charge is -2.11. The van der Waals surface area contributed by atoms with E-state index in [9.17, 15) is 13.5 Å². The van der Waals surface area contributed by atoms with Crippen LogP contribution < -0.4 is 0 Å². The third kappa shape index (κ3) is 4.30. The highest BCUT2D eigenvalue weighted by atomic mass is 35.5. The molecule has 0 aliphatic rings. The number of hydrogen-bond donors (Lipinski definition) is 1. The van der Waals surface area contributed by atoms with E-state index in [0.717, 1.165) is 5.56 Å². The highest BCUT2D eigenvalue weighted by Crippen LogP contribution is 2.21. The number of sulfone groups is 1. The Kier molecular flexibility index (Phi) is 5.04. The minimum Gasteiger partial charge on any atom is -0.388 e. The van der Waals surface area contributed by atoms with Gasteiger partial charge < -0.3 is 5.11 Å². The van der Waals surface area contributed by atoms with E-state index in [4.69, 9.17) is 11.6 Å². The first kappa shape index (κ1) is 16.0. The molecule has 0 spiro atoms. The number of rotatable bonds is 5. The molecule has 0 amide bonds. The maximum atomic E-state index is 12.2. The Morgan fingerprint density at radius 3 is 2.19 bits per heavy atom. The summed E-state index contributed by atoms with van der Waals surface area (Å²) < 4.78 is 24.4. The van der Waals surface area contributed by atoms with Crippen LogP contribution >= 0.6 is 11.6 Å². The Labute approximate surface area is 130 Å². The molecule has 2 aromatic rings. The van der Waals surface area contributed by atoms with Crippen LogP contribution in [0.5, 0.6) is 0 Å². The summed E-state index contributed by atoms with van der Waals surface area (Å²) in [6, 6.07) is 13.5. The quantitative estimate of drug-likeness (QED) is 0.915. The van der Waals surface area contributed by atoms with Crippen molar-refractivity contribution >= 4 is 21.4 Å². The van der Waals surface area contributed by atoms with Crippen molar-refractivity contribution in [2.24, 2.45) is 0 Å². The van der Waals surface area contributed by atoms with Gasteiger partial charge in [-0.15, -0.1) is 0 Å². The molecule has 112 valence electrons. The fraction of sp³-hybridized carbons (Fsp3) is 0.250. The van der Waals surface area contributed by atoms with Crippen LogP contribution in [0.25, 0.3) is 0 Å². The molecule has 21 heavy (non-hydrogen) atoms. The van der Waals surface area contributed by atoms with E-state index in [-0.39, 0.29) is 17.1 Å². The molecule has 3 nitrogen and oxygen atoms in total. The molecule has 0 unspecified atom stereocenters. The van der Waals surface area contributed by atoms with Crippen molar-refractivity contribution in [1.82, 2.24) is 0 Å². The van der Waals surface area contributed by atoms with Gasteiger partial charge in [0.25, 0.3) is 0 Å². The molecule has 0 radical (unpaired) electrons. The topological polar surface area (TPSA) is 54.4 Å². The van der Waals surface area contributed by atoms with Crippen LogP contribution in [0.3, 0.4) is 0 Å². The van der Waals surface area contributed by atoms with Crippen LogP contribution in [-0.2, 0) is 9.84 Å². The predicted octanol–water partition coefficient (Wildman–Crippen LogP) is 3.55. The SMILES string of the molecule is Cc1ccc(S(=O)(=O)CC[C@@H](O)c2ccc(Cl)cc2)cc1. The van der Waals surface area contributed by atoms with Crippen molar-refractivity contribution < 1.29 is 13.5 Å². The standard InChI is InChI=1S/C16H17ClO3S/c1-12-2-8-15(9-3-12)21(19,20)11-10-16(18)13-4-6-14(17)7-5-13/h2-9,16,18H,10-11H2,1H3/t16-/m1/s1. The Morgan fingerprint density at radius 2 is 1.62 bits per heavy atom. The van der Waals surface area contributed by atoms with Crippen molar-refractivity contribution in [3.63, 3.8) is 0 Å². The molecule has 0 aliphatic heterocycles. The Morgan fingerprint density at radius 1 is 1.05 bits per heavy atom. The molecule has 0 saturated carbocycles. The molecule has 0 aliphatic carbocycles. The van der Waals surface area contributed by atoms with E-state index in [1.54, 1.807) is 48.5 Å². The summed E-state index contributed by atoms with van der Waals surface area (Å²) in [5.74, 6) is -0.0974. The van der Waals surface area contributed by atoms with E-state index < -0.39 is 15.9 Å². The molecule has 2 aromatic carbocycles. The molecule has 0 aromatic heterocycles. The monoisotopic (exact) mass is 324 g/mol. The van der Waals surface area contributed by atoms with Gasteiger partial charge in [-0.25, -0.2) is 8.42 Å². The fourth-order valence-corrected chi connectivity index (χ4v) is 3.43. The molecule has 1 N–H and O–H groups in total. The molecule has 0 saturated heterocycles. The van der Waals surface area contributed by atoms with Crippen LogP contribution in [-0.4, -0.2) is 19.3 Å². The fourth-order valence-electron chi connectivity index (χ4n) is 1.98. The second-order valence-electron chi connectivity index (χ2n) is 4.99. The maximum Gasteiger partial charge on any atom is 0.178 e. The average Bonchev–Trinajstić information content (AvgIpc) is 2.46. The van der Waals surface area contributed by atoms with Gasteiger partial charge in [0.15, 0.2) is 9.84 Å². The summed E-state index contributed by atoms with van der Waals surface area (Å²) in [6.45, 7) is 1.90. The summed E-state index contributed by atoms with van der Waals surface area (Å²) in [5, 5.41) is 10.6. The molecule has 5 heteroatoms. The minimum atomic E-state index is -3.37. The summed E-state index contributed by atoms with van der Waals surface area (Å²) in [4.78, 5) is 0.288. The van der Waals surface area contributed by atoms with Gasteiger partial charge in [-0.2, -0.15) is 0 Å². The van der Waals surface area contributed by atoms with E-state index in [0.29, 0.717) is 10.6 Å². The number of aryl methyl sites for hydroxylation is 1. The predicted molar refractivity (Wildman–Crippen MR) is 84.3 cm³/mol. The Bertz CT molecular complexity index is 691. The van der Waals surface area contributed by atoms with Crippen molar-refractivity contribution in [2.75, 3.05) is 5.75 Å². The van der Waals surface area contributed by atoms with E-state index in [2.05, 4.69) is 0 Å². The number of aliphatic hydroxyl groups excluding tert-OH is 1. The van der Waals surface area contributed by atoms with E-state index in [1.165, 1.54) is 0 Å². The van der Waals surface area contributed by atoms with Gasteiger partial charge in [0.1, 0.15) is 0 Å². The molecular formula is C16H17ClO3S. The zero-order chi connectivity index (χ0) is 15.5. The Balaban J connectivity index is 2.04. The van der Waals surface area contributed by atoms with Gasteiger partial charge in [-0.05, 0) is 43.2 Å².